The number of rotatable bonds is 7. The summed E-state index contributed by atoms with van der Waals surface area (Å²) in [5.41, 5.74) is 6.46. The molecule has 0 bridgehead atoms. The van der Waals surface area contributed by atoms with E-state index >= 15 is 0 Å². The van der Waals surface area contributed by atoms with E-state index in [9.17, 15) is 9.59 Å². The molecule has 3 N–H and O–H groups in total. The van der Waals surface area contributed by atoms with E-state index in [4.69, 9.17) is 10.5 Å². The SMILES string of the molecule is CNC(=O)C(C)CN(C)C(=O)COc1ccccc1CN. The zero-order chi connectivity index (χ0) is 15.8. The van der Waals surface area contributed by atoms with Gasteiger partial charge in [-0.1, -0.05) is 25.1 Å². The normalized spacial score (nSPS) is 11.6. The van der Waals surface area contributed by atoms with E-state index in [2.05, 4.69) is 5.32 Å². The molecular formula is C15H23N3O3. The van der Waals surface area contributed by atoms with Gasteiger partial charge in [0.2, 0.25) is 5.91 Å². The highest BCUT2D eigenvalue weighted by Gasteiger charge is 2.17. The molecule has 1 unspecified atom stereocenters. The third-order valence-electron chi connectivity index (χ3n) is 3.21. The van der Waals surface area contributed by atoms with Gasteiger partial charge in [0.15, 0.2) is 6.61 Å². The van der Waals surface area contributed by atoms with Crippen LogP contribution in [0.15, 0.2) is 24.3 Å². The third kappa shape index (κ3) is 5.07. The molecule has 6 nitrogen and oxygen atoms in total. The third-order valence-corrected chi connectivity index (χ3v) is 3.21. The zero-order valence-electron chi connectivity index (χ0n) is 12.8. The average molecular weight is 293 g/mol. The Morgan fingerprint density at radius 3 is 2.67 bits per heavy atom. The van der Waals surface area contributed by atoms with Crippen molar-refractivity contribution in [2.24, 2.45) is 11.7 Å². The lowest BCUT2D eigenvalue weighted by atomic mass is 10.1. The maximum Gasteiger partial charge on any atom is 0.260 e. The highest BCUT2D eigenvalue weighted by atomic mass is 16.5. The molecule has 1 aromatic rings. The first-order valence-electron chi connectivity index (χ1n) is 6.86. The summed E-state index contributed by atoms with van der Waals surface area (Å²) in [6.45, 7) is 2.40. The quantitative estimate of drug-likeness (QED) is 0.760. The summed E-state index contributed by atoms with van der Waals surface area (Å²) in [6.07, 6.45) is 0. The maximum atomic E-state index is 12.0. The molecule has 0 heterocycles. The minimum atomic E-state index is -0.264. The van der Waals surface area contributed by atoms with E-state index in [0.717, 1.165) is 5.56 Å². The van der Waals surface area contributed by atoms with Gasteiger partial charge in [-0.15, -0.1) is 0 Å². The van der Waals surface area contributed by atoms with Gasteiger partial charge in [0, 0.05) is 32.7 Å². The van der Waals surface area contributed by atoms with E-state index in [-0.39, 0.29) is 24.3 Å². The van der Waals surface area contributed by atoms with Crippen LogP contribution in [0, 0.1) is 5.92 Å². The number of likely N-dealkylation sites (N-methyl/N-ethyl adjacent to an activating group) is 1. The summed E-state index contributed by atoms with van der Waals surface area (Å²) >= 11 is 0. The molecule has 0 aliphatic rings. The molecule has 21 heavy (non-hydrogen) atoms. The summed E-state index contributed by atoms with van der Waals surface area (Å²) in [4.78, 5) is 24.9. The molecular weight excluding hydrogens is 270 g/mol. The van der Waals surface area contributed by atoms with Gasteiger partial charge in [0.25, 0.3) is 5.91 Å². The molecule has 1 rings (SSSR count). The number of nitrogens with one attached hydrogen (secondary N) is 1. The van der Waals surface area contributed by atoms with Crippen LogP contribution in [-0.2, 0) is 16.1 Å². The fourth-order valence-electron chi connectivity index (χ4n) is 1.90. The van der Waals surface area contributed by atoms with E-state index in [1.165, 1.54) is 4.90 Å². The van der Waals surface area contributed by atoms with E-state index in [0.29, 0.717) is 18.8 Å². The summed E-state index contributed by atoms with van der Waals surface area (Å²) in [5.74, 6) is 0.0722. The van der Waals surface area contributed by atoms with Crippen LogP contribution in [0.4, 0.5) is 0 Å². The van der Waals surface area contributed by atoms with Crippen molar-refractivity contribution in [1.82, 2.24) is 10.2 Å². The standard InChI is InChI=1S/C15H23N3O3/c1-11(15(20)17-2)9-18(3)14(19)10-21-13-7-5-4-6-12(13)8-16/h4-7,11H,8-10,16H2,1-3H3,(H,17,20). The van der Waals surface area contributed by atoms with Crippen molar-refractivity contribution in [3.63, 3.8) is 0 Å². The van der Waals surface area contributed by atoms with Crippen LogP contribution in [-0.4, -0.2) is 44.0 Å². The Kier molecular flexibility index (Phi) is 6.68. The fraction of sp³-hybridized carbons (Fsp3) is 0.467. The van der Waals surface area contributed by atoms with Gasteiger partial charge >= 0.3 is 0 Å². The monoisotopic (exact) mass is 293 g/mol. The first-order valence-corrected chi connectivity index (χ1v) is 6.86. The molecule has 6 heteroatoms. The topological polar surface area (TPSA) is 84.7 Å². The summed E-state index contributed by atoms with van der Waals surface area (Å²) in [6, 6.07) is 7.34. The summed E-state index contributed by atoms with van der Waals surface area (Å²) in [5, 5.41) is 2.56. The molecule has 0 aromatic heterocycles. The number of carbonyl (C=O) groups is 2. The Labute approximate surface area is 125 Å². The molecule has 0 saturated carbocycles. The van der Waals surface area contributed by atoms with Gasteiger partial charge in [-0.3, -0.25) is 9.59 Å². The molecule has 116 valence electrons. The molecule has 1 aromatic carbocycles. The number of nitrogens with zero attached hydrogens (tertiary/aromatic N) is 1. The number of nitrogens with two attached hydrogens (primary N) is 1. The van der Waals surface area contributed by atoms with Crippen molar-refractivity contribution < 1.29 is 14.3 Å². The van der Waals surface area contributed by atoms with Crippen molar-refractivity contribution in [3.8, 4) is 5.75 Å². The summed E-state index contributed by atoms with van der Waals surface area (Å²) in [7, 11) is 3.23. The Bertz CT molecular complexity index is 491. The lowest BCUT2D eigenvalue weighted by Gasteiger charge is -2.21. The predicted molar refractivity (Wildman–Crippen MR) is 80.7 cm³/mol. The molecule has 0 spiro atoms. The van der Waals surface area contributed by atoms with Crippen LogP contribution in [0.25, 0.3) is 0 Å². The first kappa shape index (κ1) is 17.0. The number of para-hydroxylation sites is 1. The van der Waals surface area contributed by atoms with Crippen LogP contribution in [0.5, 0.6) is 5.75 Å². The molecule has 1 atom stereocenters. The van der Waals surface area contributed by atoms with Crippen LogP contribution < -0.4 is 15.8 Å². The van der Waals surface area contributed by atoms with Crippen molar-refractivity contribution in [3.05, 3.63) is 29.8 Å². The predicted octanol–water partition coefficient (Wildman–Crippen LogP) is 0.365. The number of ether oxygens (including phenoxy) is 1. The Balaban J connectivity index is 2.51. The fourth-order valence-corrected chi connectivity index (χ4v) is 1.90. The van der Waals surface area contributed by atoms with Crippen molar-refractivity contribution >= 4 is 11.8 Å². The smallest absolute Gasteiger partial charge is 0.260 e. The number of hydrogen-bond acceptors (Lipinski definition) is 4. The van der Waals surface area contributed by atoms with Gasteiger partial charge in [0.05, 0.1) is 5.92 Å². The van der Waals surface area contributed by atoms with Gasteiger partial charge < -0.3 is 20.7 Å². The minimum absolute atomic E-state index is 0.0754. The Hall–Kier alpha value is -2.08. The first-order chi connectivity index (χ1) is 9.99. The molecule has 0 radical (unpaired) electrons. The lowest BCUT2D eigenvalue weighted by Crippen LogP contribution is -2.39. The van der Waals surface area contributed by atoms with Crippen LogP contribution in [0.3, 0.4) is 0 Å². The Morgan fingerprint density at radius 2 is 2.05 bits per heavy atom. The molecule has 0 aliphatic carbocycles. The average Bonchev–Trinajstić information content (AvgIpc) is 2.51. The molecule has 0 saturated heterocycles. The van der Waals surface area contributed by atoms with E-state index < -0.39 is 0 Å². The number of amides is 2. The van der Waals surface area contributed by atoms with E-state index in [1.807, 2.05) is 18.2 Å². The van der Waals surface area contributed by atoms with E-state index in [1.54, 1.807) is 27.1 Å². The Morgan fingerprint density at radius 1 is 1.38 bits per heavy atom. The van der Waals surface area contributed by atoms with Gasteiger partial charge in [-0.05, 0) is 6.07 Å². The molecule has 2 amide bonds. The van der Waals surface area contributed by atoms with Gasteiger partial charge in [0.1, 0.15) is 5.75 Å². The highest BCUT2D eigenvalue weighted by molar-refractivity contribution is 5.80. The zero-order valence-corrected chi connectivity index (χ0v) is 12.8. The lowest BCUT2D eigenvalue weighted by molar-refractivity contribution is -0.133. The number of benzene rings is 1. The number of hydrogen-bond donors (Lipinski definition) is 2. The van der Waals surface area contributed by atoms with Crippen molar-refractivity contribution in [1.29, 1.82) is 0 Å². The molecule has 0 aliphatic heterocycles. The minimum Gasteiger partial charge on any atom is -0.483 e. The van der Waals surface area contributed by atoms with Gasteiger partial charge in [-0.25, -0.2) is 0 Å². The summed E-state index contributed by atoms with van der Waals surface area (Å²) < 4.78 is 5.51. The van der Waals surface area contributed by atoms with Crippen molar-refractivity contribution in [2.75, 3.05) is 27.2 Å². The van der Waals surface area contributed by atoms with Crippen LogP contribution in [0.1, 0.15) is 12.5 Å². The largest absolute Gasteiger partial charge is 0.483 e. The second-order valence-corrected chi connectivity index (χ2v) is 4.89. The van der Waals surface area contributed by atoms with Crippen molar-refractivity contribution in [2.45, 2.75) is 13.5 Å². The second kappa shape index (κ2) is 8.26. The van der Waals surface area contributed by atoms with Crippen LogP contribution >= 0.6 is 0 Å². The number of carbonyl (C=O) groups excluding carboxylic acids is 2. The van der Waals surface area contributed by atoms with Crippen LogP contribution in [0.2, 0.25) is 0 Å². The molecule has 0 fully saturated rings. The van der Waals surface area contributed by atoms with Gasteiger partial charge in [-0.2, -0.15) is 0 Å². The maximum absolute atomic E-state index is 12.0. The highest BCUT2D eigenvalue weighted by Crippen LogP contribution is 2.17. The second-order valence-electron chi connectivity index (χ2n) is 4.89.